The van der Waals surface area contributed by atoms with Crippen molar-refractivity contribution in [3.8, 4) is 17.4 Å². The van der Waals surface area contributed by atoms with E-state index in [-0.39, 0.29) is 5.75 Å². The van der Waals surface area contributed by atoms with Crippen molar-refractivity contribution >= 4 is 34.1 Å². The Bertz CT molecular complexity index is 790. The van der Waals surface area contributed by atoms with Crippen molar-refractivity contribution in [2.24, 2.45) is 0 Å². The summed E-state index contributed by atoms with van der Waals surface area (Å²) in [4.78, 5) is 4.32. The summed E-state index contributed by atoms with van der Waals surface area (Å²) < 4.78 is 5.62. The average molecular weight is 305 g/mol. The predicted octanol–water partition coefficient (Wildman–Crippen LogP) is 5.48. The van der Waals surface area contributed by atoms with Gasteiger partial charge in [0.25, 0.3) is 0 Å². The molecule has 3 aromatic rings. The summed E-state index contributed by atoms with van der Waals surface area (Å²) in [5, 5.41) is 12.8. The van der Waals surface area contributed by atoms with Crippen LogP contribution in [-0.2, 0) is 5.11 Å². The zero-order valence-corrected chi connectivity index (χ0v) is 11.7. The smallest absolute Gasteiger partial charge is 0.219 e. The molecular weight excluding hydrogens is 297 g/mol. The molecule has 0 spiro atoms. The number of rotatable bonds is 2. The molecule has 0 N–H and O–H groups in total. The number of benzene rings is 2. The van der Waals surface area contributed by atoms with Crippen LogP contribution >= 0.6 is 23.2 Å². The van der Waals surface area contributed by atoms with Crippen molar-refractivity contribution in [1.82, 2.24) is 4.98 Å². The molecule has 3 rings (SSSR count). The maximum absolute atomic E-state index is 11.3. The third-order valence-electron chi connectivity index (χ3n) is 2.77. The Morgan fingerprint density at radius 3 is 2.70 bits per heavy atom. The molecule has 0 saturated carbocycles. The van der Waals surface area contributed by atoms with E-state index in [0.29, 0.717) is 27.2 Å². The molecule has 3 nitrogen and oxygen atoms in total. The van der Waals surface area contributed by atoms with Gasteiger partial charge in [0.1, 0.15) is 10.8 Å². The first-order chi connectivity index (χ1) is 9.63. The van der Waals surface area contributed by atoms with Gasteiger partial charge in [0.05, 0.1) is 10.5 Å². The van der Waals surface area contributed by atoms with Gasteiger partial charge in [0, 0.05) is 11.5 Å². The van der Waals surface area contributed by atoms with Gasteiger partial charge in [-0.2, -0.15) is 0 Å². The molecule has 0 aliphatic rings. The third-order valence-corrected chi connectivity index (χ3v) is 3.57. The highest BCUT2D eigenvalue weighted by molar-refractivity contribution is 6.42. The molecule has 0 atom stereocenters. The second-order valence-corrected chi connectivity index (χ2v) is 4.94. The fraction of sp³-hybridized carbons (Fsp3) is 0. The zero-order chi connectivity index (χ0) is 14.1. The Hall–Kier alpha value is -1.97. The normalized spacial score (nSPS) is 10.7. The van der Waals surface area contributed by atoms with E-state index >= 15 is 0 Å². The maximum Gasteiger partial charge on any atom is 0.219 e. The van der Waals surface area contributed by atoms with Crippen LogP contribution in [0.1, 0.15) is 0 Å². The van der Waals surface area contributed by atoms with E-state index in [1.807, 2.05) is 0 Å². The van der Waals surface area contributed by atoms with E-state index in [2.05, 4.69) is 4.98 Å². The lowest BCUT2D eigenvalue weighted by Gasteiger charge is -2.08. The third kappa shape index (κ3) is 2.50. The Morgan fingerprint density at radius 2 is 1.85 bits per heavy atom. The van der Waals surface area contributed by atoms with E-state index in [0.717, 1.165) is 5.39 Å². The largest absolute Gasteiger partial charge is 0.437 e. The summed E-state index contributed by atoms with van der Waals surface area (Å²) in [7, 11) is 0. The number of halogens is 2. The van der Waals surface area contributed by atoms with Gasteiger partial charge in [-0.25, -0.2) is 4.98 Å². The van der Waals surface area contributed by atoms with Gasteiger partial charge in [-0.3, -0.25) is 5.11 Å². The first-order valence-electron chi connectivity index (χ1n) is 5.83. The Morgan fingerprint density at radius 1 is 1.00 bits per heavy atom. The van der Waals surface area contributed by atoms with Crippen molar-refractivity contribution in [3.05, 3.63) is 58.6 Å². The SMILES string of the molecule is [O]c1ccc2nc(Oc3cccc(Cl)c3Cl)ccc2c1. The summed E-state index contributed by atoms with van der Waals surface area (Å²) in [6.45, 7) is 0. The molecular formula is C15H8Cl2NO2. The highest BCUT2D eigenvalue weighted by Gasteiger charge is 2.08. The van der Waals surface area contributed by atoms with Crippen LogP contribution in [0.3, 0.4) is 0 Å². The lowest BCUT2D eigenvalue weighted by molar-refractivity contribution is 0.355. The quantitative estimate of drug-likeness (QED) is 0.629. The van der Waals surface area contributed by atoms with Gasteiger partial charge in [-0.05, 0) is 36.4 Å². The second-order valence-electron chi connectivity index (χ2n) is 4.16. The molecule has 5 heteroatoms. The minimum Gasteiger partial charge on any atom is -0.437 e. The van der Waals surface area contributed by atoms with Crippen LogP contribution in [0, 0.1) is 0 Å². The molecule has 0 aliphatic carbocycles. The molecule has 0 aliphatic heterocycles. The molecule has 2 aromatic carbocycles. The molecule has 0 amide bonds. The lowest BCUT2D eigenvalue weighted by Crippen LogP contribution is -1.89. The Kier molecular flexibility index (Phi) is 3.38. The van der Waals surface area contributed by atoms with Gasteiger partial charge in [0.15, 0.2) is 5.75 Å². The number of pyridine rings is 1. The monoisotopic (exact) mass is 304 g/mol. The lowest BCUT2D eigenvalue weighted by atomic mass is 10.2. The van der Waals surface area contributed by atoms with Crippen molar-refractivity contribution in [2.75, 3.05) is 0 Å². The Labute approximate surface area is 125 Å². The molecule has 0 saturated heterocycles. The summed E-state index contributed by atoms with van der Waals surface area (Å²) in [6.07, 6.45) is 0. The molecule has 0 bridgehead atoms. The van der Waals surface area contributed by atoms with Crippen LogP contribution in [0.25, 0.3) is 10.9 Å². The summed E-state index contributed by atoms with van der Waals surface area (Å²) in [5.41, 5.74) is 0.681. The van der Waals surface area contributed by atoms with Crippen molar-refractivity contribution < 1.29 is 9.84 Å². The molecule has 1 radical (unpaired) electrons. The van der Waals surface area contributed by atoms with Gasteiger partial charge in [0.2, 0.25) is 5.88 Å². The number of hydrogen-bond donors (Lipinski definition) is 0. The average Bonchev–Trinajstić information content (AvgIpc) is 2.44. The van der Waals surface area contributed by atoms with Crippen LogP contribution in [-0.4, -0.2) is 4.98 Å². The van der Waals surface area contributed by atoms with E-state index in [1.54, 1.807) is 36.4 Å². The van der Waals surface area contributed by atoms with Crippen LogP contribution in [0.15, 0.2) is 48.5 Å². The van der Waals surface area contributed by atoms with Crippen LogP contribution in [0.5, 0.6) is 17.4 Å². The van der Waals surface area contributed by atoms with Gasteiger partial charge in [-0.15, -0.1) is 0 Å². The first-order valence-corrected chi connectivity index (χ1v) is 6.59. The van der Waals surface area contributed by atoms with Gasteiger partial charge in [-0.1, -0.05) is 29.3 Å². The summed E-state index contributed by atoms with van der Waals surface area (Å²) in [5.74, 6) is 0.776. The van der Waals surface area contributed by atoms with Crippen molar-refractivity contribution in [1.29, 1.82) is 0 Å². The Balaban J connectivity index is 1.99. The highest BCUT2D eigenvalue weighted by atomic mass is 35.5. The molecule has 20 heavy (non-hydrogen) atoms. The molecule has 0 unspecified atom stereocenters. The van der Waals surface area contributed by atoms with Crippen LogP contribution < -0.4 is 4.74 Å². The minimum absolute atomic E-state index is 0.0501. The molecule has 0 fully saturated rings. The van der Waals surface area contributed by atoms with Crippen molar-refractivity contribution in [2.45, 2.75) is 0 Å². The maximum atomic E-state index is 11.3. The molecule has 99 valence electrons. The second kappa shape index (κ2) is 5.19. The standard InChI is InChI=1S/C15H8Cl2NO2/c16-11-2-1-3-13(15(11)17)20-14-7-4-9-8-10(19)5-6-12(9)18-14/h1-8H. The number of ether oxygens (including phenoxy) is 1. The molecule has 1 heterocycles. The predicted molar refractivity (Wildman–Crippen MR) is 78.4 cm³/mol. The topological polar surface area (TPSA) is 42.0 Å². The van der Waals surface area contributed by atoms with Gasteiger partial charge >= 0.3 is 0 Å². The van der Waals surface area contributed by atoms with E-state index in [9.17, 15) is 5.11 Å². The van der Waals surface area contributed by atoms with Crippen LogP contribution in [0.2, 0.25) is 10.0 Å². The zero-order valence-electron chi connectivity index (χ0n) is 10.1. The van der Waals surface area contributed by atoms with Crippen molar-refractivity contribution in [3.63, 3.8) is 0 Å². The van der Waals surface area contributed by atoms with Gasteiger partial charge < -0.3 is 4.74 Å². The fourth-order valence-corrected chi connectivity index (χ4v) is 2.15. The first kappa shape index (κ1) is 13.0. The number of nitrogens with zero attached hydrogens (tertiary/aromatic N) is 1. The number of hydrogen-bond acceptors (Lipinski definition) is 2. The van der Waals surface area contributed by atoms with E-state index < -0.39 is 0 Å². The highest BCUT2D eigenvalue weighted by Crippen LogP contribution is 2.34. The minimum atomic E-state index is -0.0501. The van der Waals surface area contributed by atoms with E-state index in [1.165, 1.54) is 12.1 Å². The fourth-order valence-electron chi connectivity index (χ4n) is 1.82. The van der Waals surface area contributed by atoms with Crippen LogP contribution in [0.4, 0.5) is 0 Å². The summed E-state index contributed by atoms with van der Waals surface area (Å²) in [6, 6.07) is 13.2. The van der Waals surface area contributed by atoms with E-state index in [4.69, 9.17) is 27.9 Å². The summed E-state index contributed by atoms with van der Waals surface area (Å²) >= 11 is 12.0. The number of aromatic nitrogens is 1. The molecule has 1 aromatic heterocycles. The number of fused-ring (bicyclic) bond motifs is 1.